The normalized spacial score (nSPS) is 15.2. The van der Waals surface area contributed by atoms with E-state index >= 15 is 0 Å². The molecule has 8 heteroatoms. The van der Waals surface area contributed by atoms with Crippen LogP contribution in [0, 0.1) is 0 Å². The molecule has 1 aliphatic heterocycles. The first-order valence-electron chi connectivity index (χ1n) is 6.68. The Kier molecular flexibility index (Phi) is 3.35. The number of rotatable bonds is 2. The van der Waals surface area contributed by atoms with E-state index in [1.165, 1.54) is 0 Å². The lowest BCUT2D eigenvalue weighted by molar-refractivity contribution is 0.637. The van der Waals surface area contributed by atoms with Crippen molar-refractivity contribution in [2.24, 2.45) is 0 Å². The smallest absolute Gasteiger partial charge is 0.342 e. The van der Waals surface area contributed by atoms with Crippen molar-refractivity contribution in [3.05, 3.63) is 45.1 Å². The number of nitrogen functional groups attached to an aromatic ring is 1. The SMILES string of the molecule is Nc1ccc(N2CCN(c3n[nH]c(=O)[nH]c3=O)CC2)cc1. The van der Waals surface area contributed by atoms with Crippen molar-refractivity contribution >= 4 is 17.2 Å². The van der Waals surface area contributed by atoms with Crippen molar-refractivity contribution in [1.82, 2.24) is 15.2 Å². The first kappa shape index (κ1) is 13.2. The second-order valence-electron chi connectivity index (χ2n) is 4.90. The zero-order valence-electron chi connectivity index (χ0n) is 11.4. The molecule has 8 nitrogen and oxygen atoms in total. The summed E-state index contributed by atoms with van der Waals surface area (Å²) in [5.41, 5.74) is 6.47. The Hall–Kier alpha value is -2.77. The first-order chi connectivity index (χ1) is 10.1. The quantitative estimate of drug-likeness (QED) is 0.634. The monoisotopic (exact) mass is 288 g/mol. The lowest BCUT2D eigenvalue weighted by atomic mass is 10.2. The predicted octanol–water partition coefficient (Wildman–Crippen LogP) is -0.633. The fourth-order valence-electron chi connectivity index (χ4n) is 2.42. The Bertz CT molecular complexity index is 727. The third-order valence-corrected chi connectivity index (χ3v) is 3.53. The van der Waals surface area contributed by atoms with Crippen molar-refractivity contribution in [2.75, 3.05) is 41.7 Å². The summed E-state index contributed by atoms with van der Waals surface area (Å²) in [5, 5.41) is 6.08. The molecule has 0 unspecified atom stereocenters. The van der Waals surface area contributed by atoms with E-state index in [1.54, 1.807) is 0 Å². The molecule has 0 saturated carbocycles. The number of hydrogen-bond acceptors (Lipinski definition) is 6. The van der Waals surface area contributed by atoms with Gasteiger partial charge in [-0.05, 0) is 24.3 Å². The summed E-state index contributed by atoms with van der Waals surface area (Å²) in [6.07, 6.45) is 0. The van der Waals surface area contributed by atoms with Gasteiger partial charge in [-0.1, -0.05) is 0 Å². The van der Waals surface area contributed by atoms with Gasteiger partial charge in [-0.3, -0.25) is 9.78 Å². The lowest BCUT2D eigenvalue weighted by Crippen LogP contribution is -2.49. The van der Waals surface area contributed by atoms with Gasteiger partial charge in [0.25, 0.3) is 5.56 Å². The van der Waals surface area contributed by atoms with E-state index < -0.39 is 11.2 Å². The molecule has 1 aromatic heterocycles. The number of hydrogen-bond donors (Lipinski definition) is 3. The fraction of sp³-hybridized carbons (Fsp3) is 0.308. The summed E-state index contributed by atoms with van der Waals surface area (Å²) in [6, 6.07) is 7.71. The van der Waals surface area contributed by atoms with Crippen molar-refractivity contribution in [2.45, 2.75) is 0 Å². The second kappa shape index (κ2) is 5.31. The van der Waals surface area contributed by atoms with Crippen LogP contribution in [0.4, 0.5) is 17.2 Å². The highest BCUT2D eigenvalue weighted by molar-refractivity contribution is 5.54. The maximum absolute atomic E-state index is 11.7. The Morgan fingerprint density at radius 1 is 1.00 bits per heavy atom. The number of piperazine rings is 1. The maximum Gasteiger partial charge on any atom is 0.342 e. The standard InChI is InChI=1S/C13H16N6O2/c14-9-1-3-10(4-2-9)18-5-7-19(8-6-18)11-12(20)15-13(21)17-16-11/h1-4H,5-8,14H2,(H2,15,17,20,21). The van der Waals surface area contributed by atoms with E-state index in [-0.39, 0.29) is 5.82 Å². The first-order valence-corrected chi connectivity index (χ1v) is 6.68. The number of nitrogens with two attached hydrogens (primary N) is 1. The fourth-order valence-corrected chi connectivity index (χ4v) is 2.42. The van der Waals surface area contributed by atoms with Crippen LogP contribution in [-0.2, 0) is 0 Å². The second-order valence-corrected chi connectivity index (χ2v) is 4.90. The lowest BCUT2D eigenvalue weighted by Gasteiger charge is -2.36. The van der Waals surface area contributed by atoms with E-state index in [0.29, 0.717) is 13.1 Å². The molecule has 1 aromatic carbocycles. The van der Waals surface area contributed by atoms with Crippen molar-refractivity contribution < 1.29 is 0 Å². The topological polar surface area (TPSA) is 111 Å². The van der Waals surface area contributed by atoms with Crippen molar-refractivity contribution in [1.29, 1.82) is 0 Å². The molecule has 1 saturated heterocycles. The van der Waals surface area contributed by atoms with E-state index in [4.69, 9.17) is 5.73 Å². The van der Waals surface area contributed by atoms with Crippen LogP contribution in [0.1, 0.15) is 0 Å². The van der Waals surface area contributed by atoms with Gasteiger partial charge in [-0.25, -0.2) is 9.89 Å². The molecule has 3 rings (SSSR count). The van der Waals surface area contributed by atoms with Gasteiger partial charge in [0.2, 0.25) is 5.82 Å². The molecule has 0 bridgehead atoms. The molecule has 1 fully saturated rings. The molecule has 0 radical (unpaired) electrons. The number of aromatic nitrogens is 3. The van der Waals surface area contributed by atoms with Gasteiger partial charge in [0.15, 0.2) is 0 Å². The minimum absolute atomic E-state index is 0.256. The molecule has 0 spiro atoms. The third kappa shape index (κ3) is 2.73. The Balaban J connectivity index is 1.71. The molecule has 0 aliphatic carbocycles. The summed E-state index contributed by atoms with van der Waals surface area (Å²) < 4.78 is 0. The van der Waals surface area contributed by atoms with Crippen LogP contribution in [0.25, 0.3) is 0 Å². The average molecular weight is 288 g/mol. The molecule has 1 aliphatic rings. The molecular formula is C13H16N6O2. The van der Waals surface area contributed by atoms with Gasteiger partial charge in [-0.2, -0.15) is 0 Å². The Morgan fingerprint density at radius 2 is 1.62 bits per heavy atom. The number of H-pyrrole nitrogens is 2. The third-order valence-electron chi connectivity index (χ3n) is 3.53. The highest BCUT2D eigenvalue weighted by Crippen LogP contribution is 2.18. The Labute approximate surface area is 120 Å². The summed E-state index contributed by atoms with van der Waals surface area (Å²) in [4.78, 5) is 29.0. The van der Waals surface area contributed by atoms with Crippen LogP contribution in [0.15, 0.2) is 33.9 Å². The summed E-state index contributed by atoms with van der Waals surface area (Å²) in [7, 11) is 0. The minimum Gasteiger partial charge on any atom is -0.399 e. The van der Waals surface area contributed by atoms with Gasteiger partial charge >= 0.3 is 5.69 Å². The highest BCUT2D eigenvalue weighted by Gasteiger charge is 2.20. The van der Waals surface area contributed by atoms with Crippen LogP contribution < -0.4 is 26.8 Å². The molecule has 0 atom stereocenters. The highest BCUT2D eigenvalue weighted by atomic mass is 16.2. The van der Waals surface area contributed by atoms with Crippen LogP contribution in [0.2, 0.25) is 0 Å². The van der Waals surface area contributed by atoms with Crippen LogP contribution in [-0.4, -0.2) is 41.4 Å². The van der Waals surface area contributed by atoms with E-state index in [2.05, 4.69) is 20.1 Å². The number of anilines is 3. The van der Waals surface area contributed by atoms with Gasteiger partial charge in [0.1, 0.15) is 0 Å². The van der Waals surface area contributed by atoms with E-state index in [1.807, 2.05) is 29.2 Å². The molecule has 0 amide bonds. The number of aromatic amines is 2. The number of nitrogens with one attached hydrogen (secondary N) is 2. The molecular weight excluding hydrogens is 272 g/mol. The van der Waals surface area contributed by atoms with Gasteiger partial charge in [0.05, 0.1) is 0 Å². The minimum atomic E-state index is -0.593. The summed E-state index contributed by atoms with van der Waals surface area (Å²) in [6.45, 7) is 2.85. The zero-order chi connectivity index (χ0) is 14.8. The van der Waals surface area contributed by atoms with E-state index in [0.717, 1.165) is 24.5 Å². The predicted molar refractivity (Wildman–Crippen MR) is 80.8 cm³/mol. The van der Waals surface area contributed by atoms with Crippen LogP contribution in [0.3, 0.4) is 0 Å². The van der Waals surface area contributed by atoms with Crippen LogP contribution >= 0.6 is 0 Å². The molecule has 110 valence electrons. The van der Waals surface area contributed by atoms with Crippen molar-refractivity contribution in [3.8, 4) is 0 Å². The maximum atomic E-state index is 11.7. The number of benzene rings is 1. The number of nitrogens with zero attached hydrogens (tertiary/aromatic N) is 3. The molecule has 2 heterocycles. The van der Waals surface area contributed by atoms with Crippen LogP contribution in [0.5, 0.6) is 0 Å². The average Bonchev–Trinajstić information content (AvgIpc) is 2.48. The summed E-state index contributed by atoms with van der Waals surface area (Å²) >= 11 is 0. The van der Waals surface area contributed by atoms with E-state index in [9.17, 15) is 9.59 Å². The molecule has 4 N–H and O–H groups in total. The van der Waals surface area contributed by atoms with Gasteiger partial charge in [-0.15, -0.1) is 5.10 Å². The summed E-state index contributed by atoms with van der Waals surface area (Å²) in [5.74, 6) is 0.256. The van der Waals surface area contributed by atoms with Crippen molar-refractivity contribution in [3.63, 3.8) is 0 Å². The van der Waals surface area contributed by atoms with Gasteiger partial charge < -0.3 is 15.5 Å². The molecule has 21 heavy (non-hydrogen) atoms. The zero-order valence-corrected chi connectivity index (χ0v) is 11.4. The molecule has 2 aromatic rings. The van der Waals surface area contributed by atoms with Gasteiger partial charge in [0, 0.05) is 37.6 Å². The largest absolute Gasteiger partial charge is 0.399 e. The Morgan fingerprint density at radius 3 is 2.24 bits per heavy atom.